The minimum atomic E-state index is -0.159. The van der Waals surface area contributed by atoms with Gasteiger partial charge in [0.25, 0.3) is 0 Å². The van der Waals surface area contributed by atoms with Gasteiger partial charge in [-0.2, -0.15) is 0 Å². The highest BCUT2D eigenvalue weighted by Gasteiger charge is 2.21. The van der Waals surface area contributed by atoms with E-state index < -0.39 is 0 Å². The van der Waals surface area contributed by atoms with Crippen molar-refractivity contribution in [3.8, 4) is 0 Å². The van der Waals surface area contributed by atoms with Crippen LogP contribution in [0.15, 0.2) is 24.3 Å². The van der Waals surface area contributed by atoms with Crippen molar-refractivity contribution in [3.63, 3.8) is 0 Å². The Morgan fingerprint density at radius 3 is 2.37 bits per heavy atom. The molecule has 1 aliphatic carbocycles. The molecule has 1 heterocycles. The summed E-state index contributed by atoms with van der Waals surface area (Å²) in [4.78, 5) is 4.85. The molecule has 0 spiro atoms. The molecule has 1 saturated carbocycles. The number of piperazine rings is 1. The van der Waals surface area contributed by atoms with Crippen molar-refractivity contribution in [2.45, 2.75) is 18.9 Å². The zero-order valence-corrected chi connectivity index (χ0v) is 11.3. The first-order valence-electron chi connectivity index (χ1n) is 7.27. The van der Waals surface area contributed by atoms with E-state index >= 15 is 0 Å². The topological polar surface area (TPSA) is 18.5 Å². The number of nitrogens with zero attached hydrogens (tertiary/aromatic N) is 2. The maximum absolute atomic E-state index is 12.9. The fourth-order valence-corrected chi connectivity index (χ4v) is 2.60. The lowest BCUT2D eigenvalue weighted by Gasteiger charge is -2.36. The molecule has 2 aliphatic rings. The third-order valence-electron chi connectivity index (χ3n) is 4.00. The van der Waals surface area contributed by atoms with Crippen molar-refractivity contribution in [2.24, 2.45) is 0 Å². The van der Waals surface area contributed by atoms with Crippen LogP contribution in [0, 0.1) is 5.82 Å². The third-order valence-corrected chi connectivity index (χ3v) is 4.00. The van der Waals surface area contributed by atoms with E-state index in [2.05, 4.69) is 15.1 Å². The molecular weight excluding hydrogens is 241 g/mol. The molecule has 3 rings (SSSR count). The van der Waals surface area contributed by atoms with Gasteiger partial charge in [0, 0.05) is 51.0 Å². The van der Waals surface area contributed by atoms with E-state index in [4.69, 9.17) is 0 Å². The molecule has 1 saturated heterocycles. The number of rotatable bonds is 5. The molecule has 1 aromatic rings. The van der Waals surface area contributed by atoms with Crippen LogP contribution in [0.3, 0.4) is 0 Å². The summed E-state index contributed by atoms with van der Waals surface area (Å²) in [5.41, 5.74) is 1.14. The predicted octanol–water partition coefficient (Wildman–Crippen LogP) is 1.70. The second-order valence-electron chi connectivity index (χ2n) is 5.53. The molecule has 0 radical (unpaired) electrons. The molecule has 0 bridgehead atoms. The van der Waals surface area contributed by atoms with E-state index in [0.29, 0.717) is 0 Å². The van der Waals surface area contributed by atoms with Crippen LogP contribution in [0.5, 0.6) is 0 Å². The molecule has 3 nitrogen and oxygen atoms in total. The minimum Gasteiger partial charge on any atom is -0.369 e. The van der Waals surface area contributed by atoms with E-state index in [1.54, 1.807) is 12.1 Å². The average Bonchev–Trinajstić information content (AvgIpc) is 3.25. The molecule has 0 unspecified atom stereocenters. The third kappa shape index (κ3) is 3.67. The number of benzene rings is 1. The Morgan fingerprint density at radius 1 is 1.05 bits per heavy atom. The summed E-state index contributed by atoms with van der Waals surface area (Å²) in [5.74, 6) is -0.159. The first kappa shape index (κ1) is 12.9. The van der Waals surface area contributed by atoms with Gasteiger partial charge in [-0.05, 0) is 37.1 Å². The fourth-order valence-electron chi connectivity index (χ4n) is 2.60. The van der Waals surface area contributed by atoms with E-state index in [9.17, 15) is 4.39 Å². The first-order chi connectivity index (χ1) is 9.31. The Kier molecular flexibility index (Phi) is 3.99. The highest BCUT2D eigenvalue weighted by Crippen LogP contribution is 2.18. The van der Waals surface area contributed by atoms with Gasteiger partial charge >= 0.3 is 0 Å². The molecule has 0 atom stereocenters. The second kappa shape index (κ2) is 5.88. The van der Waals surface area contributed by atoms with Gasteiger partial charge < -0.3 is 10.2 Å². The first-order valence-corrected chi connectivity index (χ1v) is 7.27. The summed E-state index contributed by atoms with van der Waals surface area (Å²) < 4.78 is 12.9. The zero-order chi connectivity index (χ0) is 13.1. The molecule has 19 heavy (non-hydrogen) atoms. The van der Waals surface area contributed by atoms with Crippen LogP contribution in [0.4, 0.5) is 10.1 Å². The van der Waals surface area contributed by atoms with Crippen LogP contribution in [0.1, 0.15) is 12.8 Å². The predicted molar refractivity (Wildman–Crippen MR) is 76.1 cm³/mol. The molecule has 1 aliphatic heterocycles. The zero-order valence-electron chi connectivity index (χ0n) is 11.3. The summed E-state index contributed by atoms with van der Waals surface area (Å²) in [6, 6.07) is 7.64. The summed E-state index contributed by atoms with van der Waals surface area (Å²) >= 11 is 0. The van der Waals surface area contributed by atoms with Crippen molar-refractivity contribution in [1.29, 1.82) is 0 Å². The number of hydrogen-bond donors (Lipinski definition) is 1. The standard InChI is InChI=1S/C15H22FN3/c16-13-1-5-15(6-2-13)19-11-9-18(10-12-19)8-7-17-14-3-4-14/h1-2,5-6,14,17H,3-4,7-12H2. The highest BCUT2D eigenvalue weighted by molar-refractivity contribution is 5.46. The molecule has 1 N–H and O–H groups in total. The largest absolute Gasteiger partial charge is 0.369 e. The van der Waals surface area contributed by atoms with Crippen LogP contribution in [-0.4, -0.2) is 50.2 Å². The lowest BCUT2D eigenvalue weighted by atomic mass is 10.2. The second-order valence-corrected chi connectivity index (χ2v) is 5.53. The van der Waals surface area contributed by atoms with Gasteiger partial charge in [0.2, 0.25) is 0 Å². The smallest absolute Gasteiger partial charge is 0.123 e. The number of halogens is 1. The van der Waals surface area contributed by atoms with Gasteiger partial charge in [0.15, 0.2) is 0 Å². The summed E-state index contributed by atoms with van der Waals surface area (Å²) in [6.45, 7) is 6.53. The Morgan fingerprint density at radius 2 is 1.74 bits per heavy atom. The minimum absolute atomic E-state index is 0.159. The van der Waals surface area contributed by atoms with Gasteiger partial charge in [-0.25, -0.2) is 4.39 Å². The van der Waals surface area contributed by atoms with Gasteiger partial charge in [0.1, 0.15) is 5.82 Å². The Balaban J connectivity index is 1.42. The van der Waals surface area contributed by atoms with Crippen LogP contribution < -0.4 is 10.2 Å². The van der Waals surface area contributed by atoms with Crippen LogP contribution >= 0.6 is 0 Å². The normalized spacial score (nSPS) is 20.8. The quantitative estimate of drug-likeness (QED) is 0.872. The lowest BCUT2D eigenvalue weighted by molar-refractivity contribution is 0.257. The molecular formula is C15H22FN3. The van der Waals surface area contributed by atoms with E-state index in [1.165, 1.54) is 12.8 Å². The van der Waals surface area contributed by atoms with Gasteiger partial charge in [-0.1, -0.05) is 0 Å². The van der Waals surface area contributed by atoms with Crippen molar-refractivity contribution in [3.05, 3.63) is 30.1 Å². The maximum Gasteiger partial charge on any atom is 0.123 e. The molecule has 1 aromatic carbocycles. The summed E-state index contributed by atoms with van der Waals surface area (Å²) in [7, 11) is 0. The van der Waals surface area contributed by atoms with E-state index in [1.807, 2.05) is 12.1 Å². The van der Waals surface area contributed by atoms with E-state index in [0.717, 1.165) is 51.0 Å². The number of hydrogen-bond acceptors (Lipinski definition) is 3. The van der Waals surface area contributed by atoms with Crippen molar-refractivity contribution in [1.82, 2.24) is 10.2 Å². The van der Waals surface area contributed by atoms with Gasteiger partial charge in [0.05, 0.1) is 0 Å². The van der Waals surface area contributed by atoms with Crippen LogP contribution in [0.2, 0.25) is 0 Å². The van der Waals surface area contributed by atoms with Gasteiger partial charge in [-0.3, -0.25) is 4.90 Å². The molecule has 4 heteroatoms. The monoisotopic (exact) mass is 263 g/mol. The Labute approximate surface area is 114 Å². The lowest BCUT2D eigenvalue weighted by Crippen LogP contribution is -2.48. The summed E-state index contributed by atoms with van der Waals surface area (Å²) in [6.07, 6.45) is 2.72. The molecule has 0 amide bonds. The summed E-state index contributed by atoms with van der Waals surface area (Å²) in [5, 5.41) is 3.56. The average molecular weight is 263 g/mol. The Hall–Kier alpha value is -1.13. The van der Waals surface area contributed by atoms with E-state index in [-0.39, 0.29) is 5.82 Å². The van der Waals surface area contributed by atoms with Crippen LogP contribution in [0.25, 0.3) is 0 Å². The van der Waals surface area contributed by atoms with Crippen molar-refractivity contribution in [2.75, 3.05) is 44.2 Å². The van der Waals surface area contributed by atoms with Gasteiger partial charge in [-0.15, -0.1) is 0 Å². The van der Waals surface area contributed by atoms with Crippen molar-refractivity contribution >= 4 is 5.69 Å². The van der Waals surface area contributed by atoms with Crippen molar-refractivity contribution < 1.29 is 4.39 Å². The molecule has 2 fully saturated rings. The molecule has 104 valence electrons. The number of nitrogens with one attached hydrogen (secondary N) is 1. The van der Waals surface area contributed by atoms with Crippen LogP contribution in [-0.2, 0) is 0 Å². The molecule has 0 aromatic heterocycles. The SMILES string of the molecule is Fc1ccc(N2CCN(CCNC3CC3)CC2)cc1. The number of anilines is 1. The highest BCUT2D eigenvalue weighted by atomic mass is 19.1. The maximum atomic E-state index is 12.9. The fraction of sp³-hybridized carbons (Fsp3) is 0.600. The Bertz CT molecular complexity index is 394.